The molecular formula is C6H20O2Si3. The van der Waals surface area contributed by atoms with Crippen molar-refractivity contribution in [1.29, 1.82) is 0 Å². The van der Waals surface area contributed by atoms with E-state index in [4.69, 9.17) is 8.58 Å². The van der Waals surface area contributed by atoms with E-state index in [2.05, 4.69) is 32.7 Å². The summed E-state index contributed by atoms with van der Waals surface area (Å²) in [4.78, 5) is 0. The molecule has 0 N–H and O–H groups in total. The number of rotatable bonds is 2. The molecule has 0 heterocycles. The molecule has 0 aliphatic rings. The first-order chi connectivity index (χ1) is 4.83. The summed E-state index contributed by atoms with van der Waals surface area (Å²) in [5.74, 6) is 0. The Morgan fingerprint density at radius 1 is 1.27 bits per heavy atom. The summed E-state index contributed by atoms with van der Waals surface area (Å²) in [6.45, 7) is 12.8. The van der Waals surface area contributed by atoms with Crippen LogP contribution in [0.1, 0.15) is 0 Å². The lowest BCUT2D eigenvalue weighted by Gasteiger charge is -2.19. The Kier molecular flexibility index (Phi) is 8.99. The predicted octanol–water partition coefficient (Wildman–Crippen LogP) is 1.64. The summed E-state index contributed by atoms with van der Waals surface area (Å²) in [5, 5.41) is 0. The van der Waals surface area contributed by atoms with Gasteiger partial charge in [-0.05, 0) is 39.3 Å². The van der Waals surface area contributed by atoms with Gasteiger partial charge in [0.2, 0.25) is 0 Å². The zero-order valence-electron chi connectivity index (χ0n) is 8.47. The van der Waals surface area contributed by atoms with Gasteiger partial charge in [-0.3, -0.25) is 0 Å². The van der Waals surface area contributed by atoms with Gasteiger partial charge < -0.3 is 8.58 Å². The quantitative estimate of drug-likeness (QED) is 0.645. The molecule has 0 aromatic heterocycles. The van der Waals surface area contributed by atoms with Gasteiger partial charge in [-0.1, -0.05) is 0 Å². The molecular weight excluding hydrogens is 188 g/mol. The van der Waals surface area contributed by atoms with E-state index in [1.165, 1.54) is 0 Å². The smallest absolute Gasteiger partial charge is 0.257 e. The number of hydrogen-bond donors (Lipinski definition) is 0. The molecule has 0 rings (SSSR count). The van der Waals surface area contributed by atoms with Crippen LogP contribution in [0, 0.1) is 0 Å². The van der Waals surface area contributed by atoms with E-state index in [0.717, 1.165) is 0 Å². The van der Waals surface area contributed by atoms with E-state index in [0.29, 0.717) is 0 Å². The van der Waals surface area contributed by atoms with Gasteiger partial charge in [0, 0.05) is 0 Å². The molecule has 0 unspecified atom stereocenters. The van der Waals surface area contributed by atoms with Crippen LogP contribution >= 0.6 is 0 Å². The molecule has 5 heteroatoms. The van der Waals surface area contributed by atoms with Crippen molar-refractivity contribution in [2.75, 3.05) is 0 Å². The Labute approximate surface area is 75.1 Å². The fraction of sp³-hybridized carbons (Fsp3) is 1.00. The van der Waals surface area contributed by atoms with Crippen molar-refractivity contribution in [2.24, 2.45) is 0 Å². The topological polar surface area (TPSA) is 26.3 Å². The monoisotopic (exact) mass is 208 g/mol. The van der Waals surface area contributed by atoms with Gasteiger partial charge in [0.05, 0.1) is 0 Å². The summed E-state index contributed by atoms with van der Waals surface area (Å²) in [5.41, 5.74) is 0. The molecule has 11 heavy (non-hydrogen) atoms. The highest BCUT2D eigenvalue weighted by Gasteiger charge is 2.14. The molecule has 0 spiro atoms. The molecule has 0 aliphatic carbocycles. The summed E-state index contributed by atoms with van der Waals surface area (Å²) in [7, 11) is -2.39. The molecule has 0 fully saturated rings. The minimum Gasteiger partial charge on any atom is -0.458 e. The first-order valence-electron chi connectivity index (χ1n) is 3.91. The van der Waals surface area contributed by atoms with Gasteiger partial charge in [-0.25, -0.2) is 0 Å². The highest BCUT2D eigenvalue weighted by molar-refractivity contribution is 6.76. The minimum atomic E-state index is -1.16. The molecule has 0 aliphatic heterocycles. The van der Waals surface area contributed by atoms with Crippen molar-refractivity contribution in [2.45, 2.75) is 39.3 Å². The summed E-state index contributed by atoms with van der Waals surface area (Å²) < 4.78 is 14.7. The summed E-state index contributed by atoms with van der Waals surface area (Å²) in [6, 6.07) is 0. The molecule has 0 amide bonds. The highest BCUT2D eigenvalue weighted by atomic mass is 28.4. The van der Waals surface area contributed by atoms with Crippen LogP contribution in [0.5, 0.6) is 0 Å². The van der Waals surface area contributed by atoms with Gasteiger partial charge in [-0.2, -0.15) is 0 Å². The van der Waals surface area contributed by atoms with Crippen LogP contribution in [0.3, 0.4) is 0 Å². The van der Waals surface area contributed by atoms with Crippen molar-refractivity contribution in [3.8, 4) is 0 Å². The molecule has 0 bridgehead atoms. The molecule has 0 saturated carbocycles. The van der Waals surface area contributed by atoms with E-state index in [9.17, 15) is 0 Å². The standard InChI is InChI=1S/C5H16OSi2.CH4OSi/c1-7(2)6-8(3,4)5;1-3-2/h7H,1-5H3;3H,1H3. The molecule has 0 aromatic carbocycles. The Bertz CT molecular complexity index is 98.5. The Hall–Kier alpha value is 0.411. The Morgan fingerprint density at radius 2 is 1.55 bits per heavy atom. The second kappa shape index (κ2) is 7.08. The third-order valence-corrected chi connectivity index (χ3v) is 5.30. The van der Waals surface area contributed by atoms with Crippen LogP contribution in [0.25, 0.3) is 0 Å². The SMILES string of the molecule is C[SiH](C)O[Si](C)(C)C.C[SiH]=O. The van der Waals surface area contributed by atoms with Crippen LogP contribution < -0.4 is 0 Å². The highest BCUT2D eigenvalue weighted by Crippen LogP contribution is 2.03. The van der Waals surface area contributed by atoms with Crippen molar-refractivity contribution in [3.05, 3.63) is 0 Å². The van der Waals surface area contributed by atoms with Crippen molar-refractivity contribution in [1.82, 2.24) is 0 Å². The average Bonchev–Trinajstić information content (AvgIpc) is 1.57. The van der Waals surface area contributed by atoms with Gasteiger partial charge in [-0.15, -0.1) is 0 Å². The average molecular weight is 208 g/mol. The second-order valence-electron chi connectivity index (χ2n) is 3.51. The number of hydrogen-bond acceptors (Lipinski definition) is 2. The van der Waals surface area contributed by atoms with Gasteiger partial charge in [0.25, 0.3) is 9.41 Å². The molecule has 0 atom stereocenters. The van der Waals surface area contributed by atoms with Gasteiger partial charge >= 0.3 is 0 Å². The normalized spacial score (nSPS) is 10.5. The van der Waals surface area contributed by atoms with Crippen LogP contribution in [-0.2, 0) is 8.58 Å². The van der Waals surface area contributed by atoms with E-state index in [-0.39, 0.29) is 0 Å². The maximum atomic E-state index is 9.01. The third kappa shape index (κ3) is 25.2. The third-order valence-electron chi connectivity index (χ3n) is 0.589. The Morgan fingerprint density at radius 3 is 1.55 bits per heavy atom. The zero-order chi connectivity index (χ0) is 9.49. The van der Waals surface area contributed by atoms with E-state index in [1.54, 1.807) is 6.55 Å². The molecule has 0 aromatic rings. The van der Waals surface area contributed by atoms with Crippen LogP contribution in [0.2, 0.25) is 39.3 Å². The first-order valence-corrected chi connectivity index (χ1v) is 11.7. The van der Waals surface area contributed by atoms with Crippen LogP contribution in [0.4, 0.5) is 0 Å². The summed E-state index contributed by atoms with van der Waals surface area (Å²) in [6.07, 6.45) is 0. The van der Waals surface area contributed by atoms with Crippen molar-refractivity contribution in [3.63, 3.8) is 0 Å². The second-order valence-corrected chi connectivity index (χ2v) is 11.3. The maximum Gasteiger partial charge on any atom is 0.257 e. The van der Waals surface area contributed by atoms with Crippen molar-refractivity contribution < 1.29 is 8.58 Å². The molecule has 0 saturated heterocycles. The van der Waals surface area contributed by atoms with E-state index < -0.39 is 26.8 Å². The minimum absolute atomic E-state index is 0.500. The fourth-order valence-corrected chi connectivity index (χ4v) is 6.36. The lowest BCUT2D eigenvalue weighted by atomic mass is 11.8. The lowest BCUT2D eigenvalue weighted by molar-refractivity contribution is 0.580. The Balaban J connectivity index is 0. The first kappa shape index (κ1) is 14.0. The molecule has 0 radical (unpaired) electrons. The van der Waals surface area contributed by atoms with Crippen LogP contribution in [-0.4, -0.2) is 26.8 Å². The van der Waals surface area contributed by atoms with Crippen molar-refractivity contribution >= 4 is 26.8 Å². The molecule has 68 valence electrons. The lowest BCUT2D eigenvalue weighted by Crippen LogP contribution is -2.31. The summed E-state index contributed by atoms with van der Waals surface area (Å²) >= 11 is 0. The van der Waals surface area contributed by atoms with E-state index in [1.807, 2.05) is 0 Å². The zero-order valence-corrected chi connectivity index (χ0v) is 11.8. The predicted molar refractivity (Wildman–Crippen MR) is 57.0 cm³/mol. The maximum absolute atomic E-state index is 9.01. The van der Waals surface area contributed by atoms with E-state index >= 15 is 0 Å². The van der Waals surface area contributed by atoms with Crippen LogP contribution in [0.15, 0.2) is 0 Å². The largest absolute Gasteiger partial charge is 0.458 e. The fourth-order valence-electron chi connectivity index (χ4n) is 0.707. The van der Waals surface area contributed by atoms with Gasteiger partial charge in [0.15, 0.2) is 17.4 Å². The van der Waals surface area contributed by atoms with Gasteiger partial charge in [0.1, 0.15) is 0 Å². The molecule has 2 nitrogen and oxygen atoms in total.